The highest BCUT2D eigenvalue weighted by atomic mass is 16.4. The van der Waals surface area contributed by atoms with Crippen LogP contribution in [0.1, 0.15) is 34.1 Å². The number of nitrogens with zero attached hydrogens (tertiary/aromatic N) is 2. The molecule has 0 aliphatic carbocycles. The van der Waals surface area contributed by atoms with Crippen LogP contribution in [0, 0.1) is 0 Å². The van der Waals surface area contributed by atoms with Crippen LogP contribution in [0.2, 0.25) is 0 Å². The maximum atomic E-state index is 12.3. The molecule has 0 radical (unpaired) electrons. The maximum absolute atomic E-state index is 12.3. The number of carboxylic acid groups (broad SMARTS) is 1. The fourth-order valence-electron chi connectivity index (χ4n) is 2.35. The lowest BCUT2D eigenvalue weighted by Crippen LogP contribution is -2.66. The van der Waals surface area contributed by atoms with Gasteiger partial charge in [-0.2, -0.15) is 0 Å². The molecule has 0 aromatic carbocycles. The molecule has 3 amide bonds. The molecule has 1 fully saturated rings. The molecule has 0 atom stereocenters. The van der Waals surface area contributed by atoms with E-state index in [0.29, 0.717) is 13.1 Å². The summed E-state index contributed by atoms with van der Waals surface area (Å²) in [4.78, 5) is 38.2. The Labute approximate surface area is 118 Å². The van der Waals surface area contributed by atoms with Crippen LogP contribution in [-0.2, 0) is 9.59 Å². The van der Waals surface area contributed by atoms with E-state index < -0.39 is 23.1 Å². The molecule has 1 heterocycles. The predicted molar refractivity (Wildman–Crippen MR) is 73.3 cm³/mol. The van der Waals surface area contributed by atoms with Crippen molar-refractivity contribution < 1.29 is 19.5 Å². The van der Waals surface area contributed by atoms with Gasteiger partial charge in [0.05, 0.1) is 6.42 Å². The zero-order chi connectivity index (χ0) is 15.7. The third kappa shape index (κ3) is 3.40. The molecule has 0 spiro atoms. The van der Waals surface area contributed by atoms with Gasteiger partial charge in [-0.15, -0.1) is 0 Å². The SMILES string of the molecule is CN1CCN(C(=O)NC(C)(C)CC(=O)O)C(C)(C)C1=O. The number of hydrogen-bond acceptors (Lipinski definition) is 3. The van der Waals surface area contributed by atoms with Gasteiger partial charge < -0.3 is 20.2 Å². The molecule has 1 aliphatic rings. The number of rotatable bonds is 3. The summed E-state index contributed by atoms with van der Waals surface area (Å²) in [5.41, 5.74) is -1.80. The molecule has 0 saturated carbocycles. The smallest absolute Gasteiger partial charge is 0.318 e. The van der Waals surface area contributed by atoms with Crippen molar-refractivity contribution in [2.45, 2.75) is 45.2 Å². The molecule has 0 aromatic rings. The molecule has 1 saturated heterocycles. The second-order valence-electron chi connectivity index (χ2n) is 6.32. The predicted octanol–water partition coefficient (Wildman–Crippen LogP) is 0.502. The first-order valence-corrected chi connectivity index (χ1v) is 6.54. The van der Waals surface area contributed by atoms with E-state index in [4.69, 9.17) is 5.11 Å². The summed E-state index contributed by atoms with van der Waals surface area (Å²) >= 11 is 0. The highest BCUT2D eigenvalue weighted by Crippen LogP contribution is 2.22. The van der Waals surface area contributed by atoms with E-state index in [1.54, 1.807) is 39.6 Å². The minimum atomic E-state index is -0.982. The van der Waals surface area contributed by atoms with Crippen LogP contribution >= 0.6 is 0 Å². The highest BCUT2D eigenvalue weighted by molar-refractivity contribution is 5.91. The summed E-state index contributed by atoms with van der Waals surface area (Å²) in [6, 6.07) is -0.414. The van der Waals surface area contributed by atoms with Crippen LogP contribution in [0.25, 0.3) is 0 Å². The third-order valence-corrected chi connectivity index (χ3v) is 3.49. The van der Waals surface area contributed by atoms with Crippen molar-refractivity contribution >= 4 is 17.9 Å². The molecule has 2 N–H and O–H groups in total. The molecule has 20 heavy (non-hydrogen) atoms. The number of piperazine rings is 1. The average molecular weight is 285 g/mol. The Bertz CT molecular complexity index is 431. The van der Waals surface area contributed by atoms with E-state index in [-0.39, 0.29) is 12.3 Å². The largest absolute Gasteiger partial charge is 0.481 e. The van der Waals surface area contributed by atoms with E-state index >= 15 is 0 Å². The zero-order valence-corrected chi connectivity index (χ0v) is 12.7. The molecular weight excluding hydrogens is 262 g/mol. The Hall–Kier alpha value is -1.79. The maximum Gasteiger partial charge on any atom is 0.318 e. The van der Waals surface area contributed by atoms with Gasteiger partial charge in [-0.3, -0.25) is 9.59 Å². The number of nitrogens with one attached hydrogen (secondary N) is 1. The van der Waals surface area contributed by atoms with Crippen molar-refractivity contribution in [2.24, 2.45) is 0 Å². The van der Waals surface area contributed by atoms with Crippen molar-refractivity contribution in [2.75, 3.05) is 20.1 Å². The molecule has 0 unspecified atom stereocenters. The van der Waals surface area contributed by atoms with Gasteiger partial charge in [0.15, 0.2) is 0 Å². The van der Waals surface area contributed by atoms with Gasteiger partial charge in [0, 0.05) is 25.7 Å². The quantitative estimate of drug-likeness (QED) is 0.790. The lowest BCUT2D eigenvalue weighted by atomic mass is 9.97. The van der Waals surface area contributed by atoms with Gasteiger partial charge in [0.2, 0.25) is 5.91 Å². The topological polar surface area (TPSA) is 89.9 Å². The van der Waals surface area contributed by atoms with Crippen LogP contribution in [0.5, 0.6) is 0 Å². The first-order chi connectivity index (χ1) is 8.97. The second kappa shape index (κ2) is 5.30. The van der Waals surface area contributed by atoms with E-state index in [0.717, 1.165) is 0 Å². The van der Waals surface area contributed by atoms with Crippen LogP contribution in [0.4, 0.5) is 4.79 Å². The van der Waals surface area contributed by atoms with Crippen molar-refractivity contribution in [3.05, 3.63) is 0 Å². The standard InChI is InChI=1S/C13H23N3O4/c1-12(2,8-9(17)18)14-11(20)16-7-6-15(5)10(19)13(16,3)4/h6-8H2,1-5H3,(H,14,20)(H,17,18). The number of aliphatic carboxylic acids is 1. The lowest BCUT2D eigenvalue weighted by Gasteiger charge is -2.45. The molecule has 0 aromatic heterocycles. The van der Waals surface area contributed by atoms with Gasteiger partial charge in [-0.05, 0) is 27.7 Å². The minimum Gasteiger partial charge on any atom is -0.481 e. The van der Waals surface area contributed by atoms with Crippen LogP contribution in [0.15, 0.2) is 0 Å². The molecule has 1 aliphatic heterocycles. The molecule has 7 heteroatoms. The fourth-order valence-corrected chi connectivity index (χ4v) is 2.35. The lowest BCUT2D eigenvalue weighted by molar-refractivity contribution is -0.144. The van der Waals surface area contributed by atoms with Gasteiger partial charge in [0.25, 0.3) is 0 Å². The zero-order valence-electron chi connectivity index (χ0n) is 12.7. The van der Waals surface area contributed by atoms with E-state index in [9.17, 15) is 14.4 Å². The van der Waals surface area contributed by atoms with Gasteiger partial charge in [-0.25, -0.2) is 4.79 Å². The first kappa shape index (κ1) is 16.3. The number of carboxylic acids is 1. The second-order valence-corrected chi connectivity index (χ2v) is 6.32. The number of hydrogen-bond donors (Lipinski definition) is 2. The van der Waals surface area contributed by atoms with Crippen LogP contribution < -0.4 is 5.32 Å². The number of carbonyl (C=O) groups is 3. The third-order valence-electron chi connectivity index (χ3n) is 3.49. The van der Waals surface area contributed by atoms with Crippen molar-refractivity contribution in [3.63, 3.8) is 0 Å². The van der Waals surface area contributed by atoms with Crippen molar-refractivity contribution in [1.29, 1.82) is 0 Å². The molecular formula is C13H23N3O4. The van der Waals surface area contributed by atoms with E-state index in [2.05, 4.69) is 5.32 Å². The van der Waals surface area contributed by atoms with Gasteiger partial charge in [-0.1, -0.05) is 0 Å². The summed E-state index contributed by atoms with van der Waals surface area (Å²) in [6.07, 6.45) is -0.180. The normalized spacial score (nSPS) is 18.9. The molecule has 114 valence electrons. The average Bonchev–Trinajstić information content (AvgIpc) is 2.22. The summed E-state index contributed by atoms with van der Waals surface area (Å²) in [5.74, 6) is -1.11. The number of amides is 3. The number of likely N-dealkylation sites (N-methyl/N-ethyl adjacent to an activating group) is 1. The monoisotopic (exact) mass is 285 g/mol. The summed E-state index contributed by atoms with van der Waals surface area (Å²) < 4.78 is 0. The van der Waals surface area contributed by atoms with E-state index in [1.165, 1.54) is 4.90 Å². The number of urea groups is 1. The van der Waals surface area contributed by atoms with Crippen LogP contribution in [-0.4, -0.2) is 64.0 Å². The molecule has 0 bridgehead atoms. The van der Waals surface area contributed by atoms with Gasteiger partial charge in [0.1, 0.15) is 5.54 Å². The summed E-state index contributed by atoms with van der Waals surface area (Å²) in [7, 11) is 1.70. The van der Waals surface area contributed by atoms with Crippen molar-refractivity contribution in [3.8, 4) is 0 Å². The number of carbonyl (C=O) groups excluding carboxylic acids is 2. The first-order valence-electron chi connectivity index (χ1n) is 6.54. The summed E-state index contributed by atoms with van der Waals surface area (Å²) in [6.45, 7) is 7.55. The van der Waals surface area contributed by atoms with E-state index in [1.807, 2.05) is 0 Å². The Morgan fingerprint density at radius 1 is 1.35 bits per heavy atom. The van der Waals surface area contributed by atoms with Crippen LogP contribution in [0.3, 0.4) is 0 Å². The van der Waals surface area contributed by atoms with Crippen molar-refractivity contribution in [1.82, 2.24) is 15.1 Å². The molecule has 1 rings (SSSR count). The van der Waals surface area contributed by atoms with Gasteiger partial charge >= 0.3 is 12.0 Å². The highest BCUT2D eigenvalue weighted by Gasteiger charge is 2.44. The fraction of sp³-hybridized carbons (Fsp3) is 0.769. The Balaban J connectivity index is 2.82. The Kier molecular flexibility index (Phi) is 4.31. The Morgan fingerprint density at radius 3 is 2.40 bits per heavy atom. The molecule has 7 nitrogen and oxygen atoms in total. The minimum absolute atomic E-state index is 0.130. The Morgan fingerprint density at radius 2 is 1.90 bits per heavy atom. The summed E-state index contributed by atoms with van der Waals surface area (Å²) in [5, 5.41) is 11.5.